The Morgan fingerprint density at radius 2 is 2.08 bits per heavy atom. The Hall–Kier alpha value is -0.580. The number of aryl methyl sites for hydroxylation is 1. The number of hydrogen-bond donors (Lipinski definition) is 2. The zero-order valence-corrected chi connectivity index (χ0v) is 9.17. The van der Waals surface area contributed by atoms with Gasteiger partial charge in [0.1, 0.15) is 5.75 Å². The van der Waals surface area contributed by atoms with E-state index >= 15 is 0 Å². The Morgan fingerprint density at radius 3 is 2.54 bits per heavy atom. The van der Waals surface area contributed by atoms with Crippen molar-refractivity contribution in [1.29, 1.82) is 0 Å². The fourth-order valence-corrected chi connectivity index (χ4v) is 1.83. The number of benzene rings is 1. The molecule has 0 aromatic heterocycles. The Morgan fingerprint density at radius 1 is 1.46 bits per heavy atom. The van der Waals surface area contributed by atoms with E-state index in [1.54, 1.807) is 6.07 Å². The van der Waals surface area contributed by atoms with Gasteiger partial charge in [-0.25, -0.2) is 0 Å². The van der Waals surface area contributed by atoms with Gasteiger partial charge < -0.3 is 10.3 Å². The first kappa shape index (κ1) is 10.5. The molecule has 0 spiro atoms. The van der Waals surface area contributed by atoms with Gasteiger partial charge in [-0.2, -0.15) is 5.06 Å². The van der Waals surface area contributed by atoms with Crippen LogP contribution in [0.2, 0.25) is 0 Å². The number of halogens is 1. The quantitative estimate of drug-likeness (QED) is 0.787. The summed E-state index contributed by atoms with van der Waals surface area (Å²) >= 11 is 3.33. The van der Waals surface area contributed by atoms with Gasteiger partial charge >= 0.3 is 0 Å². The van der Waals surface area contributed by atoms with Gasteiger partial charge in [-0.15, -0.1) is 0 Å². The van der Waals surface area contributed by atoms with E-state index in [1.807, 2.05) is 13.0 Å². The zero-order valence-electron chi connectivity index (χ0n) is 7.58. The molecule has 4 heteroatoms. The lowest BCUT2D eigenvalue weighted by molar-refractivity contribution is -0.0737. The number of rotatable bonds is 2. The summed E-state index contributed by atoms with van der Waals surface area (Å²) in [7, 11) is 1.53. The first-order chi connectivity index (χ1) is 6.00. The lowest BCUT2D eigenvalue weighted by Gasteiger charge is -2.12. The highest BCUT2D eigenvalue weighted by atomic mass is 79.9. The first-order valence-electron chi connectivity index (χ1n) is 3.88. The standard InChI is InChI=1S/C9H12BrNO2/c1-6-3-8(10)7(5-11(2)13)9(12)4-6/h3-4,12-13H,5H2,1-2H3. The molecule has 0 amide bonds. The van der Waals surface area contributed by atoms with Crippen LogP contribution >= 0.6 is 15.9 Å². The van der Waals surface area contributed by atoms with E-state index in [-0.39, 0.29) is 5.75 Å². The van der Waals surface area contributed by atoms with Crippen molar-refractivity contribution < 1.29 is 10.3 Å². The van der Waals surface area contributed by atoms with Crippen molar-refractivity contribution in [3.05, 3.63) is 27.7 Å². The van der Waals surface area contributed by atoms with E-state index in [4.69, 9.17) is 5.21 Å². The van der Waals surface area contributed by atoms with E-state index in [2.05, 4.69) is 15.9 Å². The number of phenols is 1. The Labute approximate surface area is 85.7 Å². The summed E-state index contributed by atoms with van der Waals surface area (Å²) in [6.07, 6.45) is 0. The number of hydroxylamine groups is 2. The molecular weight excluding hydrogens is 234 g/mol. The molecule has 0 saturated carbocycles. The fraction of sp³-hybridized carbons (Fsp3) is 0.333. The highest BCUT2D eigenvalue weighted by Crippen LogP contribution is 2.28. The Kier molecular flexibility index (Phi) is 3.30. The van der Waals surface area contributed by atoms with Gasteiger partial charge in [-0.1, -0.05) is 15.9 Å². The number of aromatic hydroxyl groups is 1. The molecule has 1 rings (SSSR count). The first-order valence-corrected chi connectivity index (χ1v) is 4.68. The molecule has 2 N–H and O–H groups in total. The van der Waals surface area contributed by atoms with Gasteiger partial charge in [-0.3, -0.25) is 0 Å². The molecule has 0 aliphatic carbocycles. The molecule has 0 radical (unpaired) electrons. The van der Waals surface area contributed by atoms with Crippen LogP contribution in [0.15, 0.2) is 16.6 Å². The van der Waals surface area contributed by atoms with Crippen LogP contribution in [-0.2, 0) is 6.54 Å². The van der Waals surface area contributed by atoms with Crippen molar-refractivity contribution >= 4 is 15.9 Å². The van der Waals surface area contributed by atoms with E-state index in [0.29, 0.717) is 12.1 Å². The minimum Gasteiger partial charge on any atom is -0.508 e. The summed E-state index contributed by atoms with van der Waals surface area (Å²) in [6, 6.07) is 3.57. The molecule has 0 atom stereocenters. The van der Waals surface area contributed by atoms with Crippen LogP contribution in [0, 0.1) is 6.92 Å². The maximum absolute atomic E-state index is 9.55. The molecule has 0 unspecified atom stereocenters. The van der Waals surface area contributed by atoms with Crippen LogP contribution in [0.4, 0.5) is 0 Å². The average Bonchev–Trinajstić information content (AvgIpc) is 1.96. The van der Waals surface area contributed by atoms with Crippen LogP contribution in [0.25, 0.3) is 0 Å². The lowest BCUT2D eigenvalue weighted by atomic mass is 10.1. The van der Waals surface area contributed by atoms with Gasteiger partial charge in [0.15, 0.2) is 0 Å². The molecule has 13 heavy (non-hydrogen) atoms. The second kappa shape index (κ2) is 4.09. The maximum atomic E-state index is 9.55. The van der Waals surface area contributed by atoms with Crippen LogP contribution in [-0.4, -0.2) is 22.4 Å². The number of phenolic OH excluding ortho intramolecular Hbond substituents is 1. The molecule has 1 aromatic rings. The monoisotopic (exact) mass is 245 g/mol. The summed E-state index contributed by atoms with van der Waals surface area (Å²) < 4.78 is 0.811. The van der Waals surface area contributed by atoms with Gasteiger partial charge in [0.25, 0.3) is 0 Å². The molecular formula is C9H12BrNO2. The summed E-state index contributed by atoms with van der Waals surface area (Å²) in [5.41, 5.74) is 1.67. The third kappa shape index (κ3) is 2.69. The third-order valence-electron chi connectivity index (χ3n) is 1.70. The highest BCUT2D eigenvalue weighted by molar-refractivity contribution is 9.10. The van der Waals surface area contributed by atoms with E-state index in [1.165, 1.54) is 7.05 Å². The van der Waals surface area contributed by atoms with Gasteiger partial charge in [0, 0.05) is 17.1 Å². The summed E-state index contributed by atoms with van der Waals surface area (Å²) in [4.78, 5) is 0. The number of hydrogen-bond acceptors (Lipinski definition) is 3. The minimum absolute atomic E-state index is 0.202. The molecule has 0 aliphatic rings. The Bertz CT molecular complexity index is 289. The summed E-state index contributed by atoms with van der Waals surface area (Å²) in [5, 5.41) is 19.6. The van der Waals surface area contributed by atoms with Crippen molar-refractivity contribution in [3.63, 3.8) is 0 Å². The maximum Gasteiger partial charge on any atom is 0.121 e. The topological polar surface area (TPSA) is 43.7 Å². The van der Waals surface area contributed by atoms with Crippen LogP contribution < -0.4 is 0 Å². The molecule has 0 bridgehead atoms. The normalized spacial score (nSPS) is 10.8. The Balaban J connectivity index is 3.06. The molecule has 72 valence electrons. The molecule has 0 aliphatic heterocycles. The van der Waals surface area contributed by atoms with Crippen LogP contribution in [0.3, 0.4) is 0 Å². The van der Waals surface area contributed by atoms with E-state index in [9.17, 15) is 5.11 Å². The van der Waals surface area contributed by atoms with Crippen molar-refractivity contribution in [2.24, 2.45) is 0 Å². The van der Waals surface area contributed by atoms with Crippen molar-refractivity contribution in [1.82, 2.24) is 5.06 Å². The van der Waals surface area contributed by atoms with Gasteiger partial charge in [-0.05, 0) is 24.6 Å². The van der Waals surface area contributed by atoms with E-state index in [0.717, 1.165) is 15.1 Å². The third-order valence-corrected chi connectivity index (χ3v) is 2.41. The molecule has 1 aromatic carbocycles. The smallest absolute Gasteiger partial charge is 0.121 e. The minimum atomic E-state index is 0.202. The molecule has 0 fully saturated rings. The van der Waals surface area contributed by atoms with Gasteiger partial charge in [0.2, 0.25) is 0 Å². The van der Waals surface area contributed by atoms with Crippen molar-refractivity contribution in [2.45, 2.75) is 13.5 Å². The second-order valence-corrected chi connectivity index (χ2v) is 3.91. The number of nitrogens with zero attached hydrogens (tertiary/aromatic N) is 1. The summed E-state index contributed by atoms with van der Waals surface area (Å²) in [6.45, 7) is 2.20. The van der Waals surface area contributed by atoms with E-state index < -0.39 is 0 Å². The SMILES string of the molecule is Cc1cc(O)c(CN(C)O)c(Br)c1. The predicted molar refractivity (Wildman–Crippen MR) is 53.8 cm³/mol. The lowest BCUT2D eigenvalue weighted by Crippen LogP contribution is -2.12. The fourth-order valence-electron chi connectivity index (χ4n) is 1.14. The summed E-state index contributed by atoms with van der Waals surface area (Å²) in [5.74, 6) is 0.202. The average molecular weight is 246 g/mol. The van der Waals surface area contributed by atoms with Crippen molar-refractivity contribution in [3.8, 4) is 5.75 Å². The molecule has 3 nitrogen and oxygen atoms in total. The zero-order chi connectivity index (χ0) is 10.0. The van der Waals surface area contributed by atoms with Crippen molar-refractivity contribution in [2.75, 3.05) is 7.05 Å². The molecule has 0 saturated heterocycles. The second-order valence-electron chi connectivity index (χ2n) is 3.06. The predicted octanol–water partition coefficient (Wildman–Crippen LogP) is 2.28. The largest absolute Gasteiger partial charge is 0.508 e. The molecule has 0 heterocycles. The van der Waals surface area contributed by atoms with Crippen LogP contribution in [0.1, 0.15) is 11.1 Å². The van der Waals surface area contributed by atoms with Gasteiger partial charge in [0.05, 0.1) is 6.54 Å². The highest BCUT2D eigenvalue weighted by Gasteiger charge is 2.08. The van der Waals surface area contributed by atoms with Crippen LogP contribution in [0.5, 0.6) is 5.75 Å².